The Hall–Kier alpha value is -1.89. The lowest BCUT2D eigenvalue weighted by molar-refractivity contribution is 0.123. The minimum atomic E-state index is 0.494. The summed E-state index contributed by atoms with van der Waals surface area (Å²) in [4.78, 5) is 8.32. The number of guanidine groups is 1. The monoisotopic (exact) mass is 400 g/mol. The summed E-state index contributed by atoms with van der Waals surface area (Å²) in [5.74, 6) is 1.44. The van der Waals surface area contributed by atoms with E-state index >= 15 is 0 Å². The van der Waals surface area contributed by atoms with Crippen LogP contribution in [0, 0.1) is 5.92 Å². The molecule has 28 heavy (non-hydrogen) atoms. The van der Waals surface area contributed by atoms with Crippen LogP contribution in [0.2, 0.25) is 0 Å². The third-order valence-corrected chi connectivity index (χ3v) is 6.19. The maximum Gasteiger partial charge on any atom is 0.191 e. The summed E-state index contributed by atoms with van der Waals surface area (Å²) in [6, 6.07) is 15.2. The van der Waals surface area contributed by atoms with Crippen LogP contribution < -0.4 is 10.6 Å². The van der Waals surface area contributed by atoms with Gasteiger partial charge in [0.15, 0.2) is 5.96 Å². The van der Waals surface area contributed by atoms with Gasteiger partial charge in [0.1, 0.15) is 0 Å². The molecule has 6 heteroatoms. The predicted molar refractivity (Wildman–Crippen MR) is 118 cm³/mol. The Morgan fingerprint density at radius 3 is 2.82 bits per heavy atom. The largest absolute Gasteiger partial charge is 0.375 e. The lowest BCUT2D eigenvalue weighted by Crippen LogP contribution is -2.45. The highest BCUT2D eigenvalue weighted by Gasteiger charge is 2.31. The standard InChI is InChI=1S/C22H32N4OS/c1-23-22(24-12-14-27-17-18-8-4-3-5-9-18)25-16-19-10-6-13-26(2)21(19)20-11-7-15-28-20/h3-5,7-9,11,15,19,21H,6,10,12-14,16-17H2,1-2H3,(H2,23,24,25). The number of ether oxygens (including phenoxy) is 1. The minimum absolute atomic E-state index is 0.494. The SMILES string of the molecule is CN=C(NCCOCc1ccccc1)NCC1CCCN(C)C1c1cccs1. The Kier molecular flexibility index (Phi) is 8.33. The zero-order valence-electron chi connectivity index (χ0n) is 16.9. The fraction of sp³-hybridized carbons (Fsp3) is 0.500. The molecular weight excluding hydrogens is 368 g/mol. The van der Waals surface area contributed by atoms with Crippen molar-refractivity contribution in [1.29, 1.82) is 0 Å². The number of nitrogens with one attached hydrogen (secondary N) is 2. The maximum atomic E-state index is 5.74. The van der Waals surface area contributed by atoms with Crippen molar-refractivity contribution in [2.24, 2.45) is 10.9 Å². The fourth-order valence-corrected chi connectivity index (χ4v) is 4.82. The average molecular weight is 401 g/mol. The van der Waals surface area contributed by atoms with Gasteiger partial charge in [-0.15, -0.1) is 11.3 Å². The van der Waals surface area contributed by atoms with Crippen LogP contribution in [-0.4, -0.2) is 51.2 Å². The van der Waals surface area contributed by atoms with Crippen molar-refractivity contribution in [3.63, 3.8) is 0 Å². The quantitative estimate of drug-likeness (QED) is 0.404. The van der Waals surface area contributed by atoms with E-state index in [1.807, 2.05) is 36.6 Å². The van der Waals surface area contributed by atoms with E-state index in [0.29, 0.717) is 25.2 Å². The van der Waals surface area contributed by atoms with Gasteiger partial charge < -0.3 is 15.4 Å². The first-order chi connectivity index (χ1) is 13.8. The number of thiophene rings is 1. The van der Waals surface area contributed by atoms with Gasteiger partial charge >= 0.3 is 0 Å². The average Bonchev–Trinajstić information content (AvgIpc) is 3.25. The van der Waals surface area contributed by atoms with Crippen LogP contribution >= 0.6 is 11.3 Å². The van der Waals surface area contributed by atoms with Gasteiger partial charge in [0, 0.05) is 31.1 Å². The second-order valence-electron chi connectivity index (χ2n) is 7.26. The van der Waals surface area contributed by atoms with Crippen molar-refractivity contribution < 1.29 is 4.74 Å². The van der Waals surface area contributed by atoms with E-state index in [1.54, 1.807) is 0 Å². The normalized spacial score (nSPS) is 20.9. The molecule has 2 atom stereocenters. The second kappa shape index (κ2) is 11.2. The van der Waals surface area contributed by atoms with Gasteiger partial charge in [0.2, 0.25) is 0 Å². The molecule has 1 saturated heterocycles. The maximum absolute atomic E-state index is 5.74. The molecule has 0 saturated carbocycles. The van der Waals surface area contributed by atoms with Crippen molar-refractivity contribution in [3.05, 3.63) is 58.3 Å². The van der Waals surface area contributed by atoms with E-state index in [2.05, 4.69) is 57.2 Å². The van der Waals surface area contributed by atoms with Crippen molar-refractivity contribution in [3.8, 4) is 0 Å². The number of piperidine rings is 1. The fourth-order valence-electron chi connectivity index (χ4n) is 3.84. The van der Waals surface area contributed by atoms with Gasteiger partial charge in [-0.3, -0.25) is 9.89 Å². The van der Waals surface area contributed by atoms with E-state index in [1.165, 1.54) is 29.8 Å². The van der Waals surface area contributed by atoms with Crippen LogP contribution in [0.1, 0.15) is 29.3 Å². The number of rotatable bonds is 8. The Labute approximate surface area is 172 Å². The lowest BCUT2D eigenvalue weighted by Gasteiger charge is -2.39. The van der Waals surface area contributed by atoms with Crippen LogP contribution in [-0.2, 0) is 11.3 Å². The molecule has 1 aliphatic heterocycles. The van der Waals surface area contributed by atoms with Crippen molar-refractivity contribution in [2.75, 3.05) is 40.3 Å². The Morgan fingerprint density at radius 2 is 2.07 bits per heavy atom. The predicted octanol–water partition coefficient (Wildman–Crippen LogP) is 3.51. The highest BCUT2D eigenvalue weighted by atomic mass is 32.1. The number of aliphatic imine (C=N–C) groups is 1. The van der Waals surface area contributed by atoms with Gasteiger partial charge in [0.05, 0.1) is 13.2 Å². The summed E-state index contributed by atoms with van der Waals surface area (Å²) < 4.78 is 5.74. The van der Waals surface area contributed by atoms with Gasteiger partial charge in [0.25, 0.3) is 0 Å². The van der Waals surface area contributed by atoms with E-state index in [4.69, 9.17) is 4.74 Å². The smallest absolute Gasteiger partial charge is 0.191 e. The summed E-state index contributed by atoms with van der Waals surface area (Å²) in [6.07, 6.45) is 2.50. The molecule has 2 N–H and O–H groups in total. The third kappa shape index (κ3) is 6.06. The summed E-state index contributed by atoms with van der Waals surface area (Å²) >= 11 is 1.86. The Bertz CT molecular complexity index is 705. The molecule has 1 aromatic heterocycles. The second-order valence-corrected chi connectivity index (χ2v) is 8.24. The van der Waals surface area contributed by atoms with E-state index in [0.717, 1.165) is 19.0 Å². The zero-order valence-corrected chi connectivity index (χ0v) is 17.8. The number of hydrogen-bond donors (Lipinski definition) is 2. The molecule has 0 aliphatic carbocycles. The summed E-state index contributed by atoms with van der Waals surface area (Å²) in [5, 5.41) is 9.06. The van der Waals surface area contributed by atoms with E-state index in [-0.39, 0.29) is 0 Å². The van der Waals surface area contributed by atoms with Crippen molar-refractivity contribution >= 4 is 17.3 Å². The molecule has 0 bridgehead atoms. The molecule has 152 valence electrons. The highest BCUT2D eigenvalue weighted by molar-refractivity contribution is 7.10. The van der Waals surface area contributed by atoms with Crippen LogP contribution in [0.4, 0.5) is 0 Å². The molecule has 1 aliphatic rings. The van der Waals surface area contributed by atoms with E-state index in [9.17, 15) is 0 Å². The Balaban J connectivity index is 1.40. The van der Waals surface area contributed by atoms with Crippen LogP contribution in [0.25, 0.3) is 0 Å². The summed E-state index contributed by atoms with van der Waals surface area (Å²) in [7, 11) is 4.07. The van der Waals surface area contributed by atoms with Crippen LogP contribution in [0.5, 0.6) is 0 Å². The third-order valence-electron chi connectivity index (χ3n) is 5.25. The number of hydrogen-bond acceptors (Lipinski definition) is 4. The van der Waals surface area contributed by atoms with Gasteiger partial charge in [-0.05, 0) is 49.4 Å². The van der Waals surface area contributed by atoms with Gasteiger partial charge in [-0.25, -0.2) is 0 Å². The topological polar surface area (TPSA) is 48.9 Å². The van der Waals surface area contributed by atoms with Gasteiger partial charge in [-0.1, -0.05) is 36.4 Å². The molecule has 5 nitrogen and oxygen atoms in total. The zero-order chi connectivity index (χ0) is 19.6. The molecule has 2 aromatic rings. The van der Waals surface area contributed by atoms with Gasteiger partial charge in [-0.2, -0.15) is 0 Å². The first-order valence-corrected chi connectivity index (χ1v) is 11.0. The van der Waals surface area contributed by atoms with E-state index < -0.39 is 0 Å². The molecular formula is C22H32N4OS. The first-order valence-electron chi connectivity index (χ1n) is 10.1. The molecule has 0 spiro atoms. The minimum Gasteiger partial charge on any atom is -0.375 e. The summed E-state index contributed by atoms with van der Waals surface area (Å²) in [5.41, 5.74) is 1.20. The number of benzene rings is 1. The Morgan fingerprint density at radius 1 is 1.21 bits per heavy atom. The summed E-state index contributed by atoms with van der Waals surface area (Å²) in [6.45, 7) is 4.14. The molecule has 1 fully saturated rings. The van der Waals surface area contributed by atoms with Crippen LogP contribution in [0.15, 0.2) is 52.8 Å². The number of likely N-dealkylation sites (tertiary alicyclic amines) is 1. The molecule has 3 rings (SSSR count). The lowest BCUT2D eigenvalue weighted by atomic mass is 9.88. The van der Waals surface area contributed by atoms with Crippen molar-refractivity contribution in [1.82, 2.24) is 15.5 Å². The first kappa shape index (κ1) is 20.8. The van der Waals surface area contributed by atoms with Crippen molar-refractivity contribution in [2.45, 2.75) is 25.5 Å². The number of nitrogens with zero attached hydrogens (tertiary/aromatic N) is 2. The molecule has 2 heterocycles. The van der Waals surface area contributed by atoms with Crippen LogP contribution in [0.3, 0.4) is 0 Å². The highest BCUT2D eigenvalue weighted by Crippen LogP contribution is 2.36. The molecule has 0 radical (unpaired) electrons. The molecule has 0 amide bonds. The molecule has 2 unspecified atom stereocenters. The molecule has 1 aromatic carbocycles.